The third kappa shape index (κ3) is 0.854. The Balaban J connectivity index is 2.48. The summed E-state index contributed by atoms with van der Waals surface area (Å²) in [6.45, 7) is 0.938. The molecule has 0 fully saturated rings. The molecular weight excluding hydrogens is 172 g/mol. The van der Waals surface area contributed by atoms with Crippen LogP contribution < -0.4 is 5.32 Å². The quantitative estimate of drug-likeness (QED) is 0.664. The second-order valence-corrected chi connectivity index (χ2v) is 3.65. The molecule has 1 aromatic carbocycles. The topological polar surface area (TPSA) is 17.0 Å². The van der Waals surface area contributed by atoms with Gasteiger partial charge in [0.2, 0.25) is 0 Å². The van der Waals surface area contributed by atoms with Crippen LogP contribution in [0.25, 0.3) is 17.0 Å². The van der Waals surface area contributed by atoms with Crippen molar-refractivity contribution in [3.8, 4) is 0 Å². The van der Waals surface area contributed by atoms with E-state index in [1.165, 1.54) is 22.2 Å². The van der Waals surface area contributed by atoms with Gasteiger partial charge in [-0.05, 0) is 18.3 Å². The average molecular weight is 184 g/mol. The molecule has 0 saturated carbocycles. The summed E-state index contributed by atoms with van der Waals surface area (Å²) in [6, 6.07) is 8.54. The fourth-order valence-electron chi connectivity index (χ4n) is 2.19. The minimum Gasteiger partial charge on any atom is -0.387 e. The molecule has 1 aliphatic rings. The van der Waals surface area contributed by atoms with Crippen LogP contribution in [-0.4, -0.2) is 4.57 Å². The van der Waals surface area contributed by atoms with E-state index in [0.29, 0.717) is 0 Å². The van der Waals surface area contributed by atoms with Crippen molar-refractivity contribution in [3.63, 3.8) is 0 Å². The molecule has 2 nitrogen and oxygen atoms in total. The molecule has 0 atom stereocenters. The minimum absolute atomic E-state index is 0.938. The number of aromatic nitrogens is 1. The molecule has 2 aromatic rings. The van der Waals surface area contributed by atoms with Gasteiger partial charge >= 0.3 is 0 Å². The zero-order valence-corrected chi connectivity index (χ0v) is 8.12. The van der Waals surface area contributed by atoms with Crippen LogP contribution in [-0.2, 0) is 13.6 Å². The second kappa shape index (κ2) is 2.64. The Labute approximate surface area is 82.8 Å². The molecule has 2 heteroatoms. The summed E-state index contributed by atoms with van der Waals surface area (Å²) in [6.07, 6.45) is 4.15. The molecule has 1 aliphatic heterocycles. The molecule has 0 spiro atoms. The minimum atomic E-state index is 0.938. The zero-order valence-electron chi connectivity index (χ0n) is 8.12. The van der Waals surface area contributed by atoms with Crippen LogP contribution in [0.15, 0.2) is 30.5 Å². The molecule has 70 valence electrons. The normalized spacial score (nSPS) is 14.1. The second-order valence-electron chi connectivity index (χ2n) is 3.65. The van der Waals surface area contributed by atoms with Crippen molar-refractivity contribution in [2.45, 2.75) is 6.54 Å². The number of rotatable bonds is 0. The first-order valence-corrected chi connectivity index (χ1v) is 4.84. The van der Waals surface area contributed by atoms with Gasteiger partial charge in [-0.2, -0.15) is 0 Å². The molecule has 0 aliphatic carbocycles. The Morgan fingerprint density at radius 1 is 1.29 bits per heavy atom. The number of hydrogen-bond acceptors (Lipinski definition) is 1. The number of hydrogen-bond donors (Lipinski definition) is 1. The van der Waals surface area contributed by atoms with Crippen LogP contribution in [0.3, 0.4) is 0 Å². The molecule has 1 N–H and O–H groups in total. The van der Waals surface area contributed by atoms with Crippen molar-refractivity contribution in [2.24, 2.45) is 7.05 Å². The molecule has 0 unspecified atom stereocenters. The van der Waals surface area contributed by atoms with Crippen molar-refractivity contribution in [1.29, 1.82) is 0 Å². The van der Waals surface area contributed by atoms with Gasteiger partial charge in [-0.25, -0.2) is 0 Å². The van der Waals surface area contributed by atoms with Crippen LogP contribution in [0.5, 0.6) is 0 Å². The number of para-hydroxylation sites is 1. The lowest BCUT2D eigenvalue weighted by Gasteiger charge is -2.08. The van der Waals surface area contributed by atoms with Gasteiger partial charge in [-0.1, -0.05) is 18.2 Å². The van der Waals surface area contributed by atoms with Gasteiger partial charge < -0.3 is 9.88 Å². The molecule has 0 amide bonds. The van der Waals surface area contributed by atoms with E-state index in [9.17, 15) is 0 Å². The first-order chi connectivity index (χ1) is 6.88. The maximum absolute atomic E-state index is 3.25. The van der Waals surface area contributed by atoms with Gasteiger partial charge in [-0.3, -0.25) is 0 Å². The zero-order chi connectivity index (χ0) is 9.54. The van der Waals surface area contributed by atoms with Crippen LogP contribution in [0.2, 0.25) is 0 Å². The molecule has 0 saturated heterocycles. The van der Waals surface area contributed by atoms with E-state index in [1.54, 1.807) is 0 Å². The number of benzene rings is 1. The van der Waals surface area contributed by atoms with E-state index in [-0.39, 0.29) is 0 Å². The van der Waals surface area contributed by atoms with E-state index in [4.69, 9.17) is 0 Å². The van der Waals surface area contributed by atoms with Crippen molar-refractivity contribution < 1.29 is 0 Å². The Morgan fingerprint density at radius 3 is 3.07 bits per heavy atom. The van der Waals surface area contributed by atoms with Crippen molar-refractivity contribution >= 4 is 17.0 Å². The molecule has 14 heavy (non-hydrogen) atoms. The summed E-state index contributed by atoms with van der Waals surface area (Å²) in [7, 11) is 2.12. The Bertz CT molecular complexity index is 520. The largest absolute Gasteiger partial charge is 0.387 e. The smallest absolute Gasteiger partial charge is 0.0486 e. The highest BCUT2D eigenvalue weighted by Crippen LogP contribution is 2.27. The van der Waals surface area contributed by atoms with Gasteiger partial charge in [0.25, 0.3) is 0 Å². The highest BCUT2D eigenvalue weighted by molar-refractivity contribution is 5.88. The lowest BCUT2D eigenvalue weighted by atomic mass is 10.1. The number of nitrogens with zero attached hydrogens (tertiary/aromatic N) is 1. The fraction of sp³-hybridized carbons (Fsp3) is 0.167. The van der Waals surface area contributed by atoms with E-state index in [2.05, 4.69) is 47.3 Å². The number of aryl methyl sites for hydroxylation is 1. The molecule has 0 radical (unpaired) electrons. The Morgan fingerprint density at radius 2 is 2.14 bits per heavy atom. The lowest BCUT2D eigenvalue weighted by molar-refractivity contribution is 0.839. The van der Waals surface area contributed by atoms with Crippen LogP contribution >= 0.6 is 0 Å². The van der Waals surface area contributed by atoms with Crippen LogP contribution in [0.1, 0.15) is 11.3 Å². The molecular formula is C12H12N2. The summed E-state index contributed by atoms with van der Waals surface area (Å²) in [4.78, 5) is 0. The summed E-state index contributed by atoms with van der Waals surface area (Å²) in [5, 5.41) is 4.62. The predicted molar refractivity (Wildman–Crippen MR) is 58.8 cm³/mol. The maximum Gasteiger partial charge on any atom is 0.0486 e. The van der Waals surface area contributed by atoms with Gasteiger partial charge in [0.05, 0.1) is 0 Å². The van der Waals surface area contributed by atoms with Crippen molar-refractivity contribution in [1.82, 2.24) is 9.88 Å². The highest BCUT2D eigenvalue weighted by Gasteiger charge is 2.13. The van der Waals surface area contributed by atoms with Gasteiger partial charge in [0.15, 0.2) is 0 Å². The molecule has 1 aromatic heterocycles. The number of fused-ring (bicyclic) bond motifs is 3. The average Bonchev–Trinajstić information content (AvgIpc) is 2.55. The van der Waals surface area contributed by atoms with Gasteiger partial charge in [0.1, 0.15) is 0 Å². The molecule has 2 heterocycles. The summed E-state index contributed by atoms with van der Waals surface area (Å²) in [5.74, 6) is 0. The Kier molecular flexibility index (Phi) is 1.45. The number of nitrogens with one attached hydrogen (secondary N) is 1. The van der Waals surface area contributed by atoms with E-state index < -0.39 is 0 Å². The predicted octanol–water partition coefficient (Wildman–Crippen LogP) is 2.25. The maximum atomic E-state index is 3.25. The molecule has 0 bridgehead atoms. The van der Waals surface area contributed by atoms with Crippen molar-refractivity contribution in [3.05, 3.63) is 41.7 Å². The van der Waals surface area contributed by atoms with Crippen LogP contribution in [0, 0.1) is 0 Å². The van der Waals surface area contributed by atoms with Gasteiger partial charge in [0, 0.05) is 35.8 Å². The van der Waals surface area contributed by atoms with Crippen molar-refractivity contribution in [2.75, 3.05) is 0 Å². The van der Waals surface area contributed by atoms with E-state index in [0.717, 1.165) is 6.54 Å². The molecule has 3 rings (SSSR count). The van der Waals surface area contributed by atoms with E-state index >= 15 is 0 Å². The fourth-order valence-corrected chi connectivity index (χ4v) is 2.19. The lowest BCUT2D eigenvalue weighted by Crippen LogP contribution is -2.10. The Hall–Kier alpha value is -1.70. The summed E-state index contributed by atoms with van der Waals surface area (Å²) < 4.78 is 2.25. The van der Waals surface area contributed by atoms with Crippen LogP contribution in [0.4, 0.5) is 0 Å². The van der Waals surface area contributed by atoms with E-state index in [1.807, 2.05) is 6.20 Å². The van der Waals surface area contributed by atoms with Gasteiger partial charge in [-0.15, -0.1) is 0 Å². The summed E-state index contributed by atoms with van der Waals surface area (Å²) >= 11 is 0. The third-order valence-electron chi connectivity index (χ3n) is 2.90. The standard InChI is InChI=1S/C12H12N2/c1-14-11-5-3-2-4-9(11)10-8-13-7-6-12(10)14/h2-7,13H,8H2,1H3. The third-order valence-corrected chi connectivity index (χ3v) is 2.90. The highest BCUT2D eigenvalue weighted by atomic mass is 15.0. The first-order valence-electron chi connectivity index (χ1n) is 4.84. The first kappa shape index (κ1) is 7.68. The SMILES string of the molecule is Cn1c2c(c3ccccc31)CNC=C2. The summed E-state index contributed by atoms with van der Waals surface area (Å²) in [5.41, 5.74) is 4.04. The monoisotopic (exact) mass is 184 g/mol.